The Morgan fingerprint density at radius 1 is 1.08 bits per heavy atom. The van der Waals surface area contributed by atoms with E-state index in [1.54, 1.807) is 0 Å². The minimum atomic E-state index is -0.728. The summed E-state index contributed by atoms with van der Waals surface area (Å²) in [4.78, 5) is 31.2. The van der Waals surface area contributed by atoms with E-state index in [2.05, 4.69) is 71.3 Å². The molecule has 0 amide bonds. The van der Waals surface area contributed by atoms with Gasteiger partial charge in [0, 0.05) is 18.0 Å². The second kappa shape index (κ2) is 8.21. The molecule has 1 aromatic carbocycles. The van der Waals surface area contributed by atoms with Gasteiger partial charge < -0.3 is 0 Å². The topological polar surface area (TPSA) is 47.0 Å². The average Bonchev–Trinajstić information content (AvgIpc) is 2.81. The van der Waals surface area contributed by atoms with Crippen molar-refractivity contribution in [2.24, 2.45) is 16.2 Å². The number of fused-ring (bicyclic) bond motifs is 3. The van der Waals surface area contributed by atoms with Gasteiger partial charge in [0.25, 0.3) is 0 Å². The Bertz CT molecular complexity index is 1470. The summed E-state index contributed by atoms with van der Waals surface area (Å²) in [5, 5.41) is 0. The molecule has 0 saturated carbocycles. The molecule has 5 rings (SSSR count). The van der Waals surface area contributed by atoms with Gasteiger partial charge in [-0.1, -0.05) is 50.6 Å². The molecule has 1 heterocycles. The molecule has 0 N–H and O–H groups in total. The number of benzene rings is 1. The van der Waals surface area contributed by atoms with Gasteiger partial charge in [0.1, 0.15) is 0 Å². The number of carbonyl (C=O) groups is 2. The third-order valence-electron chi connectivity index (χ3n) is 10.0. The van der Waals surface area contributed by atoms with Crippen molar-refractivity contribution in [3.8, 4) is 11.1 Å². The number of Topliss-reactive ketones (excluding diaryl/α,β-unsaturated/α-hetero) is 2. The molecule has 1 aromatic heterocycles. The molecule has 0 fully saturated rings. The van der Waals surface area contributed by atoms with Crippen LogP contribution < -0.4 is 0 Å². The number of carbonyl (C=O) groups excluding carboxylic acids is 2. The molecular formula is C34H39NO2. The molecule has 0 aliphatic heterocycles. The van der Waals surface area contributed by atoms with Crippen LogP contribution in [-0.2, 0) is 22.4 Å². The highest BCUT2D eigenvalue weighted by Crippen LogP contribution is 2.68. The second-order valence-corrected chi connectivity index (χ2v) is 12.5. The monoisotopic (exact) mass is 493 g/mol. The van der Waals surface area contributed by atoms with E-state index in [-0.39, 0.29) is 22.4 Å². The summed E-state index contributed by atoms with van der Waals surface area (Å²) in [7, 11) is 0. The first-order valence-corrected chi connectivity index (χ1v) is 13.5. The first-order chi connectivity index (χ1) is 17.3. The summed E-state index contributed by atoms with van der Waals surface area (Å²) in [6.07, 6.45) is 7.39. The van der Waals surface area contributed by atoms with Crippen LogP contribution in [0.25, 0.3) is 16.7 Å². The Morgan fingerprint density at radius 2 is 1.78 bits per heavy atom. The summed E-state index contributed by atoms with van der Waals surface area (Å²) < 4.78 is 0. The zero-order chi connectivity index (χ0) is 27.1. The summed E-state index contributed by atoms with van der Waals surface area (Å²) in [6.45, 7) is 21.4. The highest BCUT2D eigenvalue weighted by atomic mass is 16.1. The first-order valence-electron chi connectivity index (χ1n) is 13.5. The molecule has 3 nitrogen and oxygen atoms in total. The maximum Gasteiger partial charge on any atom is 0.176 e. The van der Waals surface area contributed by atoms with E-state index in [1.807, 2.05) is 19.3 Å². The summed E-state index contributed by atoms with van der Waals surface area (Å²) in [6, 6.07) is 6.70. The highest BCUT2D eigenvalue weighted by Gasteiger charge is 2.62. The van der Waals surface area contributed by atoms with Crippen LogP contribution in [0.2, 0.25) is 0 Å². The van der Waals surface area contributed by atoms with Gasteiger partial charge in [0.05, 0.1) is 11.0 Å². The average molecular weight is 494 g/mol. The Balaban J connectivity index is 1.76. The number of hydrogen-bond acceptors (Lipinski definition) is 3. The molecular weight excluding hydrogens is 454 g/mol. The number of hydrogen-bond donors (Lipinski definition) is 0. The number of nitrogens with zero attached hydrogens (tertiary/aromatic N) is 1. The molecule has 3 atom stereocenters. The van der Waals surface area contributed by atoms with E-state index >= 15 is 0 Å². The zero-order valence-corrected chi connectivity index (χ0v) is 23.7. The predicted molar refractivity (Wildman–Crippen MR) is 151 cm³/mol. The van der Waals surface area contributed by atoms with Crippen molar-refractivity contribution in [1.82, 2.24) is 4.98 Å². The lowest BCUT2D eigenvalue weighted by atomic mass is 9.42. The van der Waals surface area contributed by atoms with Crippen LogP contribution in [0.1, 0.15) is 83.6 Å². The van der Waals surface area contributed by atoms with Crippen molar-refractivity contribution in [2.75, 3.05) is 0 Å². The van der Waals surface area contributed by atoms with Crippen LogP contribution in [0.3, 0.4) is 0 Å². The van der Waals surface area contributed by atoms with Crippen molar-refractivity contribution in [3.05, 3.63) is 81.7 Å². The predicted octanol–water partition coefficient (Wildman–Crippen LogP) is 7.81. The van der Waals surface area contributed by atoms with Gasteiger partial charge in [-0.3, -0.25) is 14.6 Å². The normalized spacial score (nSPS) is 29.2. The van der Waals surface area contributed by atoms with E-state index in [0.717, 1.165) is 48.0 Å². The Kier molecular flexibility index (Phi) is 5.68. The van der Waals surface area contributed by atoms with Gasteiger partial charge in [0.15, 0.2) is 11.6 Å². The van der Waals surface area contributed by atoms with Gasteiger partial charge in [0.2, 0.25) is 0 Å². The molecule has 3 aliphatic carbocycles. The van der Waals surface area contributed by atoms with Crippen LogP contribution in [-0.4, -0.2) is 16.6 Å². The largest absolute Gasteiger partial charge is 0.294 e. The lowest BCUT2D eigenvalue weighted by molar-refractivity contribution is -0.134. The van der Waals surface area contributed by atoms with Crippen LogP contribution >= 0.6 is 0 Å². The van der Waals surface area contributed by atoms with Gasteiger partial charge in [-0.05, 0) is 116 Å². The Morgan fingerprint density at radius 3 is 2.43 bits per heavy atom. The highest BCUT2D eigenvalue weighted by molar-refractivity contribution is 6.23. The van der Waals surface area contributed by atoms with E-state index in [0.29, 0.717) is 5.57 Å². The van der Waals surface area contributed by atoms with E-state index in [4.69, 9.17) is 0 Å². The Hall–Kier alpha value is -3.07. The van der Waals surface area contributed by atoms with Crippen molar-refractivity contribution >= 4 is 17.1 Å². The fourth-order valence-electron chi connectivity index (χ4n) is 8.27. The van der Waals surface area contributed by atoms with Gasteiger partial charge in [-0.15, -0.1) is 0 Å². The number of rotatable bonds is 3. The van der Waals surface area contributed by atoms with E-state index in [1.165, 1.54) is 40.3 Å². The number of ketones is 2. The van der Waals surface area contributed by atoms with Crippen LogP contribution in [0.15, 0.2) is 59.5 Å². The van der Waals surface area contributed by atoms with Gasteiger partial charge in [-0.25, -0.2) is 0 Å². The standard InChI is InChI=1S/C34H39NO2/c1-10-24-13-25(17-35-16-24)26-12-11-19(2)28-21(4)30-22(5)34(9)31(37)29(23(6)36)20(3)14-33(34,8)18-32(30,7)15-27(26)28/h11-13,16-17H,4,10,14-15,18H2,1-3,5-9H3/t32-,33+,34+/m0/s1. The van der Waals surface area contributed by atoms with Crippen molar-refractivity contribution in [3.63, 3.8) is 0 Å². The molecule has 3 aliphatic rings. The molecule has 0 bridgehead atoms. The third-order valence-corrected chi connectivity index (χ3v) is 10.0. The molecule has 37 heavy (non-hydrogen) atoms. The summed E-state index contributed by atoms with van der Waals surface area (Å²) in [5.41, 5.74) is 10.9. The fourth-order valence-corrected chi connectivity index (χ4v) is 8.27. The minimum Gasteiger partial charge on any atom is -0.294 e. The van der Waals surface area contributed by atoms with Gasteiger partial charge in [-0.2, -0.15) is 0 Å². The maximum atomic E-state index is 14.1. The molecule has 0 spiro atoms. The molecule has 0 unspecified atom stereocenters. The van der Waals surface area contributed by atoms with Crippen LogP contribution in [0, 0.1) is 23.2 Å². The van der Waals surface area contributed by atoms with Crippen molar-refractivity contribution in [2.45, 2.75) is 81.1 Å². The SMILES string of the molecule is C=C1C2=C(C)[C@]3(C)C(=O)C(C(C)=O)=C(C)C[C@]3(C)C[C@]2(C)Cc2c(-c3cncc(CC)c3)ccc(C)c21. The van der Waals surface area contributed by atoms with E-state index < -0.39 is 5.41 Å². The smallest absolute Gasteiger partial charge is 0.176 e. The third kappa shape index (κ3) is 3.35. The summed E-state index contributed by atoms with van der Waals surface area (Å²) in [5.74, 6) is -0.127. The number of allylic oxidation sites excluding steroid dienone is 5. The molecule has 192 valence electrons. The van der Waals surface area contributed by atoms with E-state index in [9.17, 15) is 9.59 Å². The second-order valence-electron chi connectivity index (χ2n) is 12.5. The van der Waals surface area contributed by atoms with Crippen molar-refractivity contribution in [1.29, 1.82) is 0 Å². The minimum absolute atomic E-state index is 0.00942. The molecule has 0 radical (unpaired) electrons. The molecule has 0 saturated heterocycles. The zero-order valence-electron chi connectivity index (χ0n) is 23.7. The lowest BCUT2D eigenvalue weighted by Gasteiger charge is -2.60. The first kappa shape index (κ1) is 25.6. The van der Waals surface area contributed by atoms with Crippen molar-refractivity contribution < 1.29 is 9.59 Å². The van der Waals surface area contributed by atoms with Crippen LogP contribution in [0.5, 0.6) is 0 Å². The molecule has 2 aromatic rings. The number of aryl methyl sites for hydroxylation is 2. The van der Waals surface area contributed by atoms with Crippen LogP contribution in [0.4, 0.5) is 0 Å². The number of pyridine rings is 1. The Labute approximate surface area is 221 Å². The summed E-state index contributed by atoms with van der Waals surface area (Å²) >= 11 is 0. The fraction of sp³-hybridized carbons (Fsp3) is 0.441. The quantitative estimate of drug-likeness (QED) is 0.410. The molecule has 3 heteroatoms. The maximum absolute atomic E-state index is 14.1. The van der Waals surface area contributed by atoms with Gasteiger partial charge >= 0.3 is 0 Å². The lowest BCUT2D eigenvalue weighted by Crippen LogP contribution is -2.56. The number of aromatic nitrogens is 1.